The molecule has 1 aliphatic rings. The number of piperazine rings is 1. The topological polar surface area (TPSA) is 61.4 Å². The number of nitrogens with one attached hydrogen (secondary N) is 1. The third-order valence-electron chi connectivity index (χ3n) is 5.57. The van der Waals surface area contributed by atoms with Crippen LogP contribution in [0.2, 0.25) is 0 Å². The van der Waals surface area contributed by atoms with Gasteiger partial charge in [-0.25, -0.2) is 14.8 Å². The van der Waals surface area contributed by atoms with E-state index in [9.17, 15) is 4.79 Å². The molecule has 0 bridgehead atoms. The first-order chi connectivity index (χ1) is 14.7. The summed E-state index contributed by atoms with van der Waals surface area (Å²) in [6.07, 6.45) is 1.69. The van der Waals surface area contributed by atoms with Crippen molar-refractivity contribution in [2.45, 2.75) is 60.4 Å². The fourth-order valence-corrected chi connectivity index (χ4v) is 4.05. The lowest BCUT2D eigenvalue weighted by Crippen LogP contribution is -2.53. The molecule has 1 aromatic carbocycles. The van der Waals surface area contributed by atoms with Crippen molar-refractivity contribution < 1.29 is 4.79 Å². The molecule has 31 heavy (non-hydrogen) atoms. The Morgan fingerprint density at radius 1 is 1.06 bits per heavy atom. The van der Waals surface area contributed by atoms with Crippen LogP contribution in [0.5, 0.6) is 0 Å². The van der Waals surface area contributed by atoms with Crippen LogP contribution < -0.4 is 10.2 Å². The van der Waals surface area contributed by atoms with Crippen LogP contribution in [0.15, 0.2) is 24.3 Å². The molecule has 2 heterocycles. The Hall–Kier alpha value is -2.63. The second-order valence-corrected chi connectivity index (χ2v) is 9.37. The Morgan fingerprint density at radius 3 is 2.39 bits per heavy atom. The molecule has 1 aliphatic heterocycles. The van der Waals surface area contributed by atoms with E-state index in [0.29, 0.717) is 19.0 Å². The summed E-state index contributed by atoms with van der Waals surface area (Å²) in [7, 11) is 0. The molecular weight excluding hydrogens is 386 g/mol. The Bertz CT molecular complexity index is 901. The Kier molecular flexibility index (Phi) is 7.52. The number of nitrogens with zero attached hydrogens (tertiary/aromatic N) is 4. The normalized spacial score (nSPS) is 14.5. The molecule has 1 fully saturated rings. The Labute approximate surface area is 187 Å². The molecule has 0 aliphatic carbocycles. The third-order valence-corrected chi connectivity index (χ3v) is 5.57. The van der Waals surface area contributed by atoms with E-state index >= 15 is 0 Å². The number of amides is 2. The molecule has 2 aromatic rings. The smallest absolute Gasteiger partial charge is 0.317 e. The number of hydrogen-bond donors (Lipinski definition) is 1. The second kappa shape index (κ2) is 10.1. The number of urea groups is 1. The first-order valence-electron chi connectivity index (χ1n) is 11.4. The summed E-state index contributed by atoms with van der Waals surface area (Å²) >= 11 is 0. The molecule has 2 amide bonds. The van der Waals surface area contributed by atoms with Gasteiger partial charge in [-0.2, -0.15) is 0 Å². The zero-order valence-corrected chi connectivity index (χ0v) is 19.9. The lowest BCUT2D eigenvalue weighted by Gasteiger charge is -2.37. The summed E-state index contributed by atoms with van der Waals surface area (Å²) in [6, 6.07) is 8.82. The van der Waals surface area contributed by atoms with Crippen LogP contribution in [0, 0.1) is 19.8 Å². The predicted octanol–water partition coefficient (Wildman–Crippen LogP) is 4.12. The number of rotatable bonds is 6. The quantitative estimate of drug-likeness (QED) is 0.759. The maximum atomic E-state index is 12.4. The molecule has 1 N–H and O–H groups in total. The van der Waals surface area contributed by atoms with Gasteiger partial charge in [0.15, 0.2) is 0 Å². The number of aryl methyl sites for hydroxylation is 2. The van der Waals surface area contributed by atoms with Crippen molar-refractivity contribution in [1.29, 1.82) is 0 Å². The van der Waals surface area contributed by atoms with Crippen LogP contribution in [0.25, 0.3) is 0 Å². The highest BCUT2D eigenvalue weighted by Gasteiger charge is 2.25. The lowest BCUT2D eigenvalue weighted by atomic mass is 10.0. The SMILES string of the molecule is Cc1cccc(Cc2c(C)nc(CC(C)C)nc2N2CCN(C(=O)NC(C)C)CC2)c1. The number of benzene rings is 1. The summed E-state index contributed by atoms with van der Waals surface area (Å²) in [5.74, 6) is 2.45. The van der Waals surface area contributed by atoms with E-state index < -0.39 is 0 Å². The van der Waals surface area contributed by atoms with Gasteiger partial charge in [0, 0.05) is 56.3 Å². The fourth-order valence-electron chi connectivity index (χ4n) is 4.05. The summed E-state index contributed by atoms with van der Waals surface area (Å²) in [4.78, 5) is 26.5. The highest BCUT2D eigenvalue weighted by molar-refractivity contribution is 5.74. The molecule has 3 rings (SSSR count). The van der Waals surface area contributed by atoms with Gasteiger partial charge in [0.25, 0.3) is 0 Å². The van der Waals surface area contributed by atoms with Gasteiger partial charge in [-0.3, -0.25) is 0 Å². The van der Waals surface area contributed by atoms with E-state index in [1.54, 1.807) is 0 Å². The first-order valence-corrected chi connectivity index (χ1v) is 11.4. The van der Waals surface area contributed by atoms with Crippen molar-refractivity contribution in [3.63, 3.8) is 0 Å². The minimum absolute atomic E-state index is 0.0222. The molecular formula is C25H37N5O. The van der Waals surface area contributed by atoms with Crippen LogP contribution in [0.4, 0.5) is 10.6 Å². The summed E-state index contributed by atoms with van der Waals surface area (Å²) in [5, 5.41) is 3.00. The van der Waals surface area contributed by atoms with Crippen molar-refractivity contribution in [1.82, 2.24) is 20.2 Å². The van der Waals surface area contributed by atoms with Gasteiger partial charge >= 0.3 is 6.03 Å². The highest BCUT2D eigenvalue weighted by atomic mass is 16.2. The predicted molar refractivity (Wildman–Crippen MR) is 127 cm³/mol. The van der Waals surface area contributed by atoms with Crippen molar-refractivity contribution in [3.05, 3.63) is 52.5 Å². The lowest BCUT2D eigenvalue weighted by molar-refractivity contribution is 0.191. The van der Waals surface area contributed by atoms with Crippen LogP contribution in [0.3, 0.4) is 0 Å². The maximum absolute atomic E-state index is 12.4. The summed E-state index contributed by atoms with van der Waals surface area (Å²) < 4.78 is 0. The molecule has 0 spiro atoms. The zero-order chi connectivity index (χ0) is 22.5. The largest absolute Gasteiger partial charge is 0.353 e. The maximum Gasteiger partial charge on any atom is 0.317 e. The molecule has 1 aromatic heterocycles. The van der Waals surface area contributed by atoms with E-state index in [1.807, 2.05) is 18.7 Å². The molecule has 0 unspecified atom stereocenters. The van der Waals surface area contributed by atoms with Gasteiger partial charge in [-0.05, 0) is 39.2 Å². The second-order valence-electron chi connectivity index (χ2n) is 9.37. The van der Waals surface area contributed by atoms with Crippen LogP contribution in [-0.2, 0) is 12.8 Å². The standard InChI is InChI=1S/C25H37N5O/c1-17(2)14-23-27-20(6)22(16-21-9-7-8-19(5)15-21)24(28-23)29-10-12-30(13-11-29)25(31)26-18(3)4/h7-9,15,17-18H,10-14,16H2,1-6H3,(H,26,31). The van der Waals surface area contributed by atoms with Crippen LogP contribution >= 0.6 is 0 Å². The van der Waals surface area contributed by atoms with Gasteiger partial charge < -0.3 is 15.1 Å². The van der Waals surface area contributed by atoms with E-state index in [0.717, 1.165) is 43.3 Å². The third kappa shape index (κ3) is 6.18. The number of carbonyl (C=O) groups excluding carboxylic acids is 1. The van der Waals surface area contributed by atoms with Crippen LogP contribution in [0.1, 0.15) is 55.9 Å². The Morgan fingerprint density at radius 2 is 1.77 bits per heavy atom. The average molecular weight is 424 g/mol. The first kappa shape index (κ1) is 23.0. The van der Waals surface area contributed by atoms with Gasteiger partial charge in [-0.15, -0.1) is 0 Å². The molecule has 6 nitrogen and oxygen atoms in total. The van der Waals surface area contributed by atoms with Gasteiger partial charge in [0.05, 0.1) is 0 Å². The fraction of sp³-hybridized carbons (Fsp3) is 0.560. The number of anilines is 1. The van der Waals surface area contributed by atoms with E-state index in [4.69, 9.17) is 9.97 Å². The molecule has 168 valence electrons. The number of carbonyl (C=O) groups is 1. The van der Waals surface area contributed by atoms with Crippen molar-refractivity contribution in [2.75, 3.05) is 31.1 Å². The highest BCUT2D eigenvalue weighted by Crippen LogP contribution is 2.26. The summed E-state index contributed by atoms with van der Waals surface area (Å²) in [5.41, 5.74) is 4.79. The number of hydrogen-bond acceptors (Lipinski definition) is 4. The summed E-state index contributed by atoms with van der Waals surface area (Å²) in [6.45, 7) is 15.6. The minimum Gasteiger partial charge on any atom is -0.353 e. The molecule has 6 heteroatoms. The monoisotopic (exact) mass is 423 g/mol. The van der Waals surface area contributed by atoms with Crippen molar-refractivity contribution in [3.8, 4) is 0 Å². The molecule has 0 radical (unpaired) electrons. The van der Waals surface area contributed by atoms with Crippen molar-refractivity contribution in [2.24, 2.45) is 5.92 Å². The van der Waals surface area contributed by atoms with Gasteiger partial charge in [0.1, 0.15) is 11.6 Å². The van der Waals surface area contributed by atoms with Crippen molar-refractivity contribution >= 4 is 11.8 Å². The van der Waals surface area contributed by atoms with Gasteiger partial charge in [0.2, 0.25) is 0 Å². The van der Waals surface area contributed by atoms with Crippen LogP contribution in [-0.4, -0.2) is 53.1 Å². The average Bonchev–Trinajstić information content (AvgIpc) is 2.69. The zero-order valence-electron chi connectivity index (χ0n) is 19.9. The van der Waals surface area contributed by atoms with E-state index in [2.05, 4.69) is 62.2 Å². The van der Waals surface area contributed by atoms with E-state index in [-0.39, 0.29) is 12.1 Å². The number of aromatic nitrogens is 2. The molecule has 0 saturated carbocycles. The molecule has 0 atom stereocenters. The van der Waals surface area contributed by atoms with E-state index in [1.165, 1.54) is 16.7 Å². The van der Waals surface area contributed by atoms with Gasteiger partial charge in [-0.1, -0.05) is 43.7 Å². The Balaban J connectivity index is 1.86. The minimum atomic E-state index is 0.0222. The molecule has 1 saturated heterocycles.